The van der Waals surface area contributed by atoms with Gasteiger partial charge in [0.15, 0.2) is 0 Å². The van der Waals surface area contributed by atoms with Crippen LogP contribution in [0.15, 0.2) is 54.6 Å². The van der Waals surface area contributed by atoms with E-state index in [1.165, 1.54) is 0 Å². The molecule has 0 fully saturated rings. The molecule has 2 aromatic carbocycles. The molecule has 126 valence electrons. The van der Waals surface area contributed by atoms with E-state index >= 15 is 0 Å². The molecule has 0 bridgehead atoms. The third-order valence-electron chi connectivity index (χ3n) is 4.13. The predicted molar refractivity (Wildman–Crippen MR) is 92.1 cm³/mol. The Morgan fingerprint density at radius 3 is 2.29 bits per heavy atom. The van der Waals surface area contributed by atoms with Crippen molar-refractivity contribution < 1.29 is 14.6 Å². The molecule has 0 heterocycles. The van der Waals surface area contributed by atoms with Gasteiger partial charge in [-0.2, -0.15) is 0 Å². The van der Waals surface area contributed by atoms with E-state index in [-0.39, 0.29) is 12.6 Å². The maximum atomic E-state index is 11.8. The number of hydrogen-bond donors (Lipinski definition) is 3. The van der Waals surface area contributed by atoms with Gasteiger partial charge >= 0.3 is 6.03 Å². The molecule has 5 nitrogen and oxygen atoms in total. The summed E-state index contributed by atoms with van der Waals surface area (Å²) < 4.78 is 5.50. The maximum absolute atomic E-state index is 11.8. The molecule has 2 amide bonds. The van der Waals surface area contributed by atoms with Crippen molar-refractivity contribution in [3.63, 3.8) is 0 Å². The Morgan fingerprint density at radius 1 is 1.00 bits per heavy atom. The molecule has 3 N–H and O–H groups in total. The lowest BCUT2D eigenvalue weighted by Gasteiger charge is -2.22. The van der Waals surface area contributed by atoms with E-state index in [4.69, 9.17) is 4.74 Å². The highest BCUT2D eigenvalue weighted by molar-refractivity contribution is 5.73. The quantitative estimate of drug-likeness (QED) is 0.710. The van der Waals surface area contributed by atoms with E-state index in [2.05, 4.69) is 10.6 Å². The molecule has 0 atom stereocenters. The second-order valence-electron chi connectivity index (χ2n) is 6.12. The number of carbonyl (C=O) groups excluding carboxylic acids is 1. The number of nitrogens with one attached hydrogen (secondary N) is 2. The van der Waals surface area contributed by atoms with Crippen molar-refractivity contribution in [2.75, 3.05) is 19.7 Å². The molecular formula is C19H22N2O3. The van der Waals surface area contributed by atoms with Gasteiger partial charge in [-0.25, -0.2) is 4.79 Å². The van der Waals surface area contributed by atoms with Crippen molar-refractivity contribution in [2.24, 2.45) is 0 Å². The third-order valence-corrected chi connectivity index (χ3v) is 4.13. The zero-order chi connectivity index (χ0) is 16.8. The van der Waals surface area contributed by atoms with Gasteiger partial charge in [-0.1, -0.05) is 42.5 Å². The molecule has 24 heavy (non-hydrogen) atoms. The SMILES string of the molecule is O=C(NCCOc1ccccc1)NCC1(O)Cc2ccccc2C1. The highest BCUT2D eigenvalue weighted by atomic mass is 16.5. The first-order valence-electron chi connectivity index (χ1n) is 8.13. The first-order valence-corrected chi connectivity index (χ1v) is 8.13. The molecule has 0 aromatic heterocycles. The van der Waals surface area contributed by atoms with Crippen molar-refractivity contribution in [1.29, 1.82) is 0 Å². The zero-order valence-corrected chi connectivity index (χ0v) is 13.5. The number of para-hydroxylation sites is 1. The number of benzene rings is 2. The van der Waals surface area contributed by atoms with Gasteiger partial charge in [0, 0.05) is 19.4 Å². The Labute approximate surface area is 141 Å². The predicted octanol–water partition coefficient (Wildman–Crippen LogP) is 1.89. The van der Waals surface area contributed by atoms with Gasteiger partial charge < -0.3 is 20.5 Å². The fraction of sp³-hybridized carbons (Fsp3) is 0.316. The van der Waals surface area contributed by atoms with Gasteiger partial charge in [-0.3, -0.25) is 0 Å². The van der Waals surface area contributed by atoms with Crippen LogP contribution in [-0.2, 0) is 12.8 Å². The van der Waals surface area contributed by atoms with E-state index < -0.39 is 5.60 Å². The summed E-state index contributed by atoms with van der Waals surface area (Å²) in [4.78, 5) is 11.8. The summed E-state index contributed by atoms with van der Waals surface area (Å²) in [6, 6.07) is 17.1. The number of aliphatic hydroxyl groups is 1. The largest absolute Gasteiger partial charge is 0.492 e. The fourth-order valence-corrected chi connectivity index (χ4v) is 2.96. The van der Waals surface area contributed by atoms with E-state index in [9.17, 15) is 9.90 Å². The molecule has 0 radical (unpaired) electrons. The Balaban J connectivity index is 1.36. The van der Waals surface area contributed by atoms with Crippen molar-refractivity contribution in [2.45, 2.75) is 18.4 Å². The number of carbonyl (C=O) groups is 1. The van der Waals surface area contributed by atoms with Crippen LogP contribution >= 0.6 is 0 Å². The molecule has 0 unspecified atom stereocenters. The molecule has 3 rings (SSSR count). The maximum Gasteiger partial charge on any atom is 0.315 e. The topological polar surface area (TPSA) is 70.6 Å². The summed E-state index contributed by atoms with van der Waals surface area (Å²) in [7, 11) is 0. The van der Waals surface area contributed by atoms with Gasteiger partial charge in [0.1, 0.15) is 12.4 Å². The van der Waals surface area contributed by atoms with Crippen LogP contribution in [0, 0.1) is 0 Å². The van der Waals surface area contributed by atoms with Crippen molar-refractivity contribution >= 4 is 6.03 Å². The van der Waals surface area contributed by atoms with Crippen LogP contribution in [-0.4, -0.2) is 36.4 Å². The molecule has 1 aliphatic rings. The summed E-state index contributed by atoms with van der Waals surface area (Å²) in [6.07, 6.45) is 1.14. The minimum absolute atomic E-state index is 0.229. The summed E-state index contributed by atoms with van der Waals surface area (Å²) in [5.41, 5.74) is 1.40. The number of urea groups is 1. The van der Waals surface area contributed by atoms with Crippen molar-refractivity contribution in [3.05, 3.63) is 65.7 Å². The standard InChI is InChI=1S/C19H22N2O3/c22-18(20-10-11-24-17-8-2-1-3-9-17)21-14-19(23)12-15-6-4-5-7-16(15)13-19/h1-9,23H,10-14H2,(H2,20,21,22). The van der Waals surface area contributed by atoms with E-state index in [0.29, 0.717) is 26.0 Å². The van der Waals surface area contributed by atoms with E-state index in [0.717, 1.165) is 16.9 Å². The minimum atomic E-state index is -0.901. The van der Waals surface area contributed by atoms with Gasteiger partial charge in [0.25, 0.3) is 0 Å². The lowest BCUT2D eigenvalue weighted by Crippen LogP contribution is -2.47. The third kappa shape index (κ3) is 4.26. The number of fused-ring (bicyclic) bond motifs is 1. The van der Waals surface area contributed by atoms with E-state index in [1.54, 1.807) is 0 Å². The summed E-state index contributed by atoms with van der Waals surface area (Å²) in [5, 5.41) is 16.1. The van der Waals surface area contributed by atoms with Gasteiger partial charge in [0.05, 0.1) is 12.1 Å². The van der Waals surface area contributed by atoms with Crippen LogP contribution in [0.25, 0.3) is 0 Å². The zero-order valence-electron chi connectivity index (χ0n) is 13.5. The smallest absolute Gasteiger partial charge is 0.315 e. The van der Waals surface area contributed by atoms with Crippen molar-refractivity contribution in [1.82, 2.24) is 10.6 Å². The first-order chi connectivity index (χ1) is 11.6. The number of hydrogen-bond acceptors (Lipinski definition) is 3. The normalized spacial score (nSPS) is 14.7. The molecule has 0 aliphatic heterocycles. The monoisotopic (exact) mass is 326 g/mol. The summed E-state index contributed by atoms with van der Waals surface area (Å²) in [5.74, 6) is 0.776. The van der Waals surface area contributed by atoms with Gasteiger partial charge in [-0.15, -0.1) is 0 Å². The second-order valence-corrected chi connectivity index (χ2v) is 6.12. The number of ether oxygens (including phenoxy) is 1. The molecule has 0 spiro atoms. The highest BCUT2D eigenvalue weighted by Gasteiger charge is 2.35. The number of amides is 2. The molecule has 5 heteroatoms. The van der Waals surface area contributed by atoms with Crippen LogP contribution in [0.2, 0.25) is 0 Å². The fourth-order valence-electron chi connectivity index (χ4n) is 2.96. The van der Waals surface area contributed by atoms with Gasteiger partial charge in [0.2, 0.25) is 0 Å². The molecule has 2 aromatic rings. The lowest BCUT2D eigenvalue weighted by molar-refractivity contribution is 0.0536. The first kappa shape index (κ1) is 16.3. The van der Waals surface area contributed by atoms with E-state index in [1.807, 2.05) is 54.6 Å². The molecular weight excluding hydrogens is 304 g/mol. The summed E-state index contributed by atoms with van der Waals surface area (Å²) in [6.45, 7) is 1.03. The Hall–Kier alpha value is -2.53. The number of rotatable bonds is 6. The Kier molecular flexibility index (Phi) is 5.01. The average Bonchev–Trinajstić information content (AvgIpc) is 2.94. The molecule has 0 saturated heterocycles. The lowest BCUT2D eigenvalue weighted by atomic mass is 10.0. The summed E-state index contributed by atoms with van der Waals surface area (Å²) >= 11 is 0. The van der Waals surface area contributed by atoms with Crippen molar-refractivity contribution in [3.8, 4) is 5.75 Å². The van der Waals surface area contributed by atoms with Gasteiger partial charge in [-0.05, 0) is 23.3 Å². The average molecular weight is 326 g/mol. The minimum Gasteiger partial charge on any atom is -0.492 e. The highest BCUT2D eigenvalue weighted by Crippen LogP contribution is 2.29. The van der Waals surface area contributed by atoms with Crippen LogP contribution in [0.3, 0.4) is 0 Å². The Morgan fingerprint density at radius 2 is 1.62 bits per heavy atom. The van der Waals surface area contributed by atoms with Crippen LogP contribution in [0.4, 0.5) is 4.79 Å². The van der Waals surface area contributed by atoms with Crippen LogP contribution < -0.4 is 15.4 Å². The molecule has 0 saturated carbocycles. The molecule has 1 aliphatic carbocycles. The second kappa shape index (κ2) is 7.36. The van der Waals surface area contributed by atoms with Crippen LogP contribution in [0.1, 0.15) is 11.1 Å². The van der Waals surface area contributed by atoms with Crippen LogP contribution in [0.5, 0.6) is 5.75 Å². The Bertz CT molecular complexity index is 663.